The molecule has 0 saturated carbocycles. The molecule has 1 heterocycles. The molecule has 0 fully saturated rings. The number of hydrogen-bond acceptors (Lipinski definition) is 7. The second-order valence-electron chi connectivity index (χ2n) is 3.52. The number of anilines is 3. The Labute approximate surface area is 106 Å². The van der Waals surface area contributed by atoms with Crippen LogP contribution in [0, 0.1) is 0 Å². The molecule has 1 amide bonds. The normalized spacial score (nSPS) is 9.94. The number of nitrogen functional groups attached to an aromatic ring is 1. The van der Waals surface area contributed by atoms with Gasteiger partial charge in [-0.3, -0.25) is 4.79 Å². The number of carbonyl (C=O) groups excluding carboxylic acids is 1. The van der Waals surface area contributed by atoms with Crippen molar-refractivity contribution in [1.29, 1.82) is 0 Å². The monoisotopic (exact) mass is 253 g/mol. The smallest absolute Gasteiger partial charge is 0.239 e. The molecular weight excluding hydrogens is 234 g/mol. The number of amides is 1. The highest BCUT2D eigenvalue weighted by Gasteiger charge is 2.10. The topological polar surface area (TPSA) is 109 Å². The Bertz CT molecular complexity index is 405. The maximum absolute atomic E-state index is 11.1. The standard InChI is InChI=1S/C10H19N7O/c1-4-17(5-2)10-15-8(11)14-9(16-10)13-6-7(18)12-3/h4-6H2,1-3H3,(H,12,18)(H3,11,13,14,15,16). The van der Waals surface area contributed by atoms with Crippen LogP contribution in [0.4, 0.5) is 17.8 Å². The summed E-state index contributed by atoms with van der Waals surface area (Å²) in [6.45, 7) is 5.64. The second-order valence-corrected chi connectivity index (χ2v) is 3.52. The van der Waals surface area contributed by atoms with Crippen LogP contribution in [0.15, 0.2) is 0 Å². The fraction of sp³-hybridized carbons (Fsp3) is 0.600. The van der Waals surface area contributed by atoms with Crippen LogP contribution >= 0.6 is 0 Å². The van der Waals surface area contributed by atoms with Crippen LogP contribution < -0.4 is 21.3 Å². The highest BCUT2D eigenvalue weighted by molar-refractivity contribution is 5.79. The van der Waals surface area contributed by atoms with Crippen molar-refractivity contribution in [3.05, 3.63) is 0 Å². The van der Waals surface area contributed by atoms with Crippen molar-refractivity contribution in [3.8, 4) is 0 Å². The minimum Gasteiger partial charge on any atom is -0.368 e. The molecule has 0 aliphatic carbocycles. The van der Waals surface area contributed by atoms with Crippen LogP contribution in [-0.2, 0) is 4.79 Å². The van der Waals surface area contributed by atoms with Crippen LogP contribution in [0.2, 0.25) is 0 Å². The Kier molecular flexibility index (Phi) is 5.09. The lowest BCUT2D eigenvalue weighted by molar-refractivity contribution is -0.118. The number of nitrogens with one attached hydrogen (secondary N) is 2. The number of hydrogen-bond donors (Lipinski definition) is 3. The Morgan fingerprint density at radius 2 is 1.94 bits per heavy atom. The van der Waals surface area contributed by atoms with E-state index in [1.165, 1.54) is 0 Å². The molecule has 0 saturated heterocycles. The predicted molar refractivity (Wildman–Crippen MR) is 70.4 cm³/mol. The minimum atomic E-state index is -0.154. The van der Waals surface area contributed by atoms with Gasteiger partial charge in [-0.15, -0.1) is 0 Å². The van der Waals surface area contributed by atoms with Crippen molar-refractivity contribution in [3.63, 3.8) is 0 Å². The number of nitrogens with two attached hydrogens (primary N) is 1. The molecule has 0 unspecified atom stereocenters. The van der Waals surface area contributed by atoms with Crippen LogP contribution in [-0.4, -0.2) is 47.5 Å². The zero-order valence-electron chi connectivity index (χ0n) is 10.9. The lowest BCUT2D eigenvalue weighted by Crippen LogP contribution is -2.28. The van der Waals surface area contributed by atoms with Gasteiger partial charge in [0.1, 0.15) is 0 Å². The Morgan fingerprint density at radius 3 is 2.50 bits per heavy atom. The van der Waals surface area contributed by atoms with Gasteiger partial charge in [-0.25, -0.2) is 0 Å². The van der Waals surface area contributed by atoms with E-state index in [0.29, 0.717) is 11.9 Å². The SMILES string of the molecule is CCN(CC)c1nc(N)nc(NCC(=O)NC)n1. The van der Waals surface area contributed by atoms with Gasteiger partial charge in [0.2, 0.25) is 23.8 Å². The second kappa shape index (κ2) is 6.58. The van der Waals surface area contributed by atoms with E-state index < -0.39 is 0 Å². The summed E-state index contributed by atoms with van der Waals surface area (Å²) in [6.07, 6.45) is 0. The molecule has 0 spiro atoms. The summed E-state index contributed by atoms with van der Waals surface area (Å²) in [6, 6.07) is 0. The molecule has 0 atom stereocenters. The van der Waals surface area contributed by atoms with E-state index in [1.807, 2.05) is 18.7 Å². The summed E-state index contributed by atoms with van der Waals surface area (Å²) in [5.41, 5.74) is 5.62. The van der Waals surface area contributed by atoms with Crippen LogP contribution in [0.3, 0.4) is 0 Å². The average Bonchev–Trinajstić information content (AvgIpc) is 2.37. The van der Waals surface area contributed by atoms with E-state index in [9.17, 15) is 4.79 Å². The molecule has 4 N–H and O–H groups in total. The average molecular weight is 253 g/mol. The molecule has 0 aliphatic rings. The van der Waals surface area contributed by atoms with Crippen molar-refractivity contribution < 1.29 is 4.79 Å². The van der Waals surface area contributed by atoms with E-state index in [0.717, 1.165) is 13.1 Å². The summed E-state index contributed by atoms with van der Waals surface area (Å²) in [7, 11) is 1.56. The van der Waals surface area contributed by atoms with Gasteiger partial charge in [0.15, 0.2) is 0 Å². The first-order valence-electron chi connectivity index (χ1n) is 5.81. The van der Waals surface area contributed by atoms with Crippen LogP contribution in [0.5, 0.6) is 0 Å². The third kappa shape index (κ3) is 3.72. The summed E-state index contributed by atoms with van der Waals surface area (Å²) < 4.78 is 0. The largest absolute Gasteiger partial charge is 0.368 e. The van der Waals surface area contributed by atoms with Gasteiger partial charge >= 0.3 is 0 Å². The third-order valence-electron chi connectivity index (χ3n) is 2.37. The quantitative estimate of drug-likeness (QED) is 0.624. The molecule has 100 valence electrons. The fourth-order valence-corrected chi connectivity index (χ4v) is 1.36. The molecular formula is C10H19N7O. The lowest BCUT2D eigenvalue weighted by atomic mass is 10.5. The molecule has 0 bridgehead atoms. The Hall–Kier alpha value is -2.12. The number of likely N-dealkylation sites (N-methyl/N-ethyl adjacent to an activating group) is 1. The first-order chi connectivity index (χ1) is 8.60. The van der Waals surface area contributed by atoms with Crippen molar-refractivity contribution in [2.24, 2.45) is 0 Å². The predicted octanol–water partition coefficient (Wildman–Crippen LogP) is -0.542. The molecule has 8 heteroatoms. The number of rotatable bonds is 6. The van der Waals surface area contributed by atoms with Crippen molar-refractivity contribution >= 4 is 23.8 Å². The summed E-state index contributed by atoms with van der Waals surface area (Å²) in [5.74, 6) is 0.782. The van der Waals surface area contributed by atoms with E-state index in [4.69, 9.17) is 5.73 Å². The molecule has 0 aliphatic heterocycles. The van der Waals surface area contributed by atoms with Crippen molar-refractivity contribution in [2.75, 3.05) is 42.6 Å². The highest BCUT2D eigenvalue weighted by Crippen LogP contribution is 2.11. The molecule has 0 aromatic carbocycles. The Morgan fingerprint density at radius 1 is 1.28 bits per heavy atom. The van der Waals surface area contributed by atoms with E-state index in [2.05, 4.69) is 25.6 Å². The fourth-order valence-electron chi connectivity index (χ4n) is 1.36. The van der Waals surface area contributed by atoms with E-state index >= 15 is 0 Å². The maximum atomic E-state index is 11.1. The first-order valence-corrected chi connectivity index (χ1v) is 5.81. The van der Waals surface area contributed by atoms with Gasteiger partial charge in [-0.05, 0) is 13.8 Å². The summed E-state index contributed by atoms with van der Waals surface area (Å²) in [5, 5.41) is 5.29. The van der Waals surface area contributed by atoms with Crippen LogP contribution in [0.25, 0.3) is 0 Å². The third-order valence-corrected chi connectivity index (χ3v) is 2.37. The lowest BCUT2D eigenvalue weighted by Gasteiger charge is -2.18. The molecule has 1 rings (SSSR count). The van der Waals surface area contributed by atoms with Crippen molar-refractivity contribution in [1.82, 2.24) is 20.3 Å². The minimum absolute atomic E-state index is 0.0949. The zero-order chi connectivity index (χ0) is 13.5. The van der Waals surface area contributed by atoms with E-state index in [-0.39, 0.29) is 18.4 Å². The van der Waals surface area contributed by atoms with E-state index in [1.54, 1.807) is 7.05 Å². The van der Waals surface area contributed by atoms with Crippen molar-refractivity contribution in [2.45, 2.75) is 13.8 Å². The molecule has 1 aromatic rings. The van der Waals surface area contributed by atoms with Gasteiger partial charge in [-0.1, -0.05) is 0 Å². The Balaban J connectivity index is 2.83. The van der Waals surface area contributed by atoms with Gasteiger partial charge in [-0.2, -0.15) is 15.0 Å². The van der Waals surface area contributed by atoms with Gasteiger partial charge < -0.3 is 21.3 Å². The maximum Gasteiger partial charge on any atom is 0.239 e. The molecule has 8 nitrogen and oxygen atoms in total. The van der Waals surface area contributed by atoms with Crippen LogP contribution in [0.1, 0.15) is 13.8 Å². The molecule has 0 radical (unpaired) electrons. The zero-order valence-corrected chi connectivity index (χ0v) is 10.9. The first kappa shape index (κ1) is 13.9. The van der Waals surface area contributed by atoms with Gasteiger partial charge in [0, 0.05) is 20.1 Å². The highest BCUT2D eigenvalue weighted by atomic mass is 16.1. The number of carbonyl (C=O) groups is 1. The van der Waals surface area contributed by atoms with Gasteiger partial charge in [0.25, 0.3) is 0 Å². The summed E-state index contributed by atoms with van der Waals surface area (Å²) in [4.78, 5) is 25.3. The number of nitrogens with zero attached hydrogens (tertiary/aromatic N) is 4. The molecule has 1 aromatic heterocycles. The van der Waals surface area contributed by atoms with Gasteiger partial charge in [0.05, 0.1) is 6.54 Å². The number of aromatic nitrogens is 3. The summed E-state index contributed by atoms with van der Waals surface area (Å²) >= 11 is 0. The molecule has 18 heavy (non-hydrogen) atoms.